The molecule has 3 N–H and O–H groups in total. The number of likely N-dealkylation sites (N-methyl/N-ethyl adjacent to an activating group) is 1. The number of hydrogen-bond acceptors (Lipinski definition) is 5. The van der Waals surface area contributed by atoms with E-state index in [1.54, 1.807) is 0 Å². The van der Waals surface area contributed by atoms with E-state index in [-0.39, 0.29) is 5.91 Å². The van der Waals surface area contributed by atoms with Crippen LogP contribution in [0.3, 0.4) is 0 Å². The molecule has 1 saturated heterocycles. The number of nitrogens with one attached hydrogen (secondary N) is 1. The van der Waals surface area contributed by atoms with Crippen LogP contribution in [0.2, 0.25) is 0 Å². The highest BCUT2D eigenvalue weighted by molar-refractivity contribution is 7.14. The zero-order valence-electron chi connectivity index (χ0n) is 11.6. The molecule has 1 unspecified atom stereocenters. The van der Waals surface area contributed by atoms with Crippen LogP contribution >= 0.6 is 11.3 Å². The van der Waals surface area contributed by atoms with Crippen molar-refractivity contribution in [1.82, 2.24) is 15.2 Å². The summed E-state index contributed by atoms with van der Waals surface area (Å²) in [6.45, 7) is 6.46. The van der Waals surface area contributed by atoms with Gasteiger partial charge < -0.3 is 4.90 Å². The third-order valence-corrected chi connectivity index (χ3v) is 4.80. The molecule has 1 aromatic heterocycles. The van der Waals surface area contributed by atoms with Crippen molar-refractivity contribution in [1.29, 1.82) is 0 Å². The van der Waals surface area contributed by atoms with Crippen LogP contribution in [-0.2, 0) is 6.54 Å². The van der Waals surface area contributed by atoms with Gasteiger partial charge in [0.25, 0.3) is 5.91 Å². The molecule has 6 heteroatoms. The van der Waals surface area contributed by atoms with Crippen LogP contribution in [0.1, 0.15) is 27.9 Å². The first kappa shape index (κ1) is 14.5. The van der Waals surface area contributed by atoms with Crippen LogP contribution in [0.15, 0.2) is 12.1 Å². The van der Waals surface area contributed by atoms with Gasteiger partial charge in [-0.2, -0.15) is 0 Å². The van der Waals surface area contributed by atoms with Gasteiger partial charge in [-0.15, -0.1) is 11.3 Å². The van der Waals surface area contributed by atoms with Gasteiger partial charge in [-0.25, -0.2) is 5.84 Å². The molecule has 5 nitrogen and oxygen atoms in total. The Bertz CT molecular complexity index is 434. The van der Waals surface area contributed by atoms with Crippen LogP contribution in [0, 0.1) is 0 Å². The predicted molar refractivity (Wildman–Crippen MR) is 78.0 cm³/mol. The molecule has 1 aliphatic rings. The average molecular weight is 282 g/mol. The number of thiophene rings is 1. The molecule has 0 radical (unpaired) electrons. The molecule has 1 atom stereocenters. The van der Waals surface area contributed by atoms with Crippen molar-refractivity contribution in [2.24, 2.45) is 5.84 Å². The largest absolute Gasteiger partial charge is 0.301 e. The van der Waals surface area contributed by atoms with E-state index in [2.05, 4.69) is 29.2 Å². The molecule has 2 rings (SSSR count). The molecule has 0 saturated carbocycles. The van der Waals surface area contributed by atoms with E-state index in [1.165, 1.54) is 22.6 Å². The van der Waals surface area contributed by atoms with Crippen molar-refractivity contribution in [2.45, 2.75) is 25.9 Å². The molecule has 19 heavy (non-hydrogen) atoms. The van der Waals surface area contributed by atoms with Crippen molar-refractivity contribution in [3.8, 4) is 0 Å². The summed E-state index contributed by atoms with van der Waals surface area (Å²) in [7, 11) is 2.19. The van der Waals surface area contributed by atoms with E-state index in [9.17, 15) is 4.79 Å². The highest BCUT2D eigenvalue weighted by atomic mass is 32.1. The Hall–Kier alpha value is -0.950. The monoisotopic (exact) mass is 282 g/mol. The van der Waals surface area contributed by atoms with Gasteiger partial charge in [0.2, 0.25) is 0 Å². The zero-order chi connectivity index (χ0) is 13.8. The second-order valence-corrected chi connectivity index (χ2v) is 6.19. The Morgan fingerprint density at radius 1 is 1.53 bits per heavy atom. The standard InChI is InChI=1S/C13H22N4OS/c1-3-10-8-17(7-6-16(10)2)9-11-4-5-12(19-11)13(18)15-14/h4-5,10H,3,6-9,14H2,1-2H3,(H,15,18). The normalized spacial score (nSPS) is 21.5. The van der Waals surface area contributed by atoms with Crippen LogP contribution < -0.4 is 11.3 Å². The molecule has 1 amide bonds. The summed E-state index contributed by atoms with van der Waals surface area (Å²) in [6.07, 6.45) is 1.18. The van der Waals surface area contributed by atoms with Gasteiger partial charge >= 0.3 is 0 Å². The van der Waals surface area contributed by atoms with E-state index < -0.39 is 0 Å². The van der Waals surface area contributed by atoms with Crippen molar-refractivity contribution < 1.29 is 4.79 Å². The molecule has 2 heterocycles. The number of amides is 1. The topological polar surface area (TPSA) is 61.6 Å². The van der Waals surface area contributed by atoms with Gasteiger partial charge in [-0.05, 0) is 25.6 Å². The fourth-order valence-corrected chi connectivity index (χ4v) is 3.42. The lowest BCUT2D eigenvalue weighted by atomic mass is 10.1. The number of hydrogen-bond donors (Lipinski definition) is 2. The first-order valence-corrected chi connectivity index (χ1v) is 7.48. The number of nitrogens with two attached hydrogens (primary N) is 1. The molecule has 1 fully saturated rings. The van der Waals surface area contributed by atoms with Crippen molar-refractivity contribution in [3.05, 3.63) is 21.9 Å². The number of nitrogen functional groups attached to an aromatic ring is 1. The first-order valence-electron chi connectivity index (χ1n) is 6.66. The van der Waals surface area contributed by atoms with E-state index in [1.807, 2.05) is 12.1 Å². The summed E-state index contributed by atoms with van der Waals surface area (Å²) in [5.74, 6) is 4.93. The minimum absolute atomic E-state index is 0.207. The number of nitrogens with zero attached hydrogens (tertiary/aromatic N) is 2. The van der Waals surface area contributed by atoms with Crippen molar-refractivity contribution in [3.63, 3.8) is 0 Å². The molecular weight excluding hydrogens is 260 g/mol. The number of piperazine rings is 1. The number of carbonyl (C=O) groups is 1. The molecule has 106 valence electrons. The quantitative estimate of drug-likeness (QED) is 0.489. The lowest BCUT2D eigenvalue weighted by molar-refractivity contribution is 0.0890. The van der Waals surface area contributed by atoms with E-state index in [0.29, 0.717) is 10.9 Å². The molecule has 0 aromatic carbocycles. The third-order valence-electron chi connectivity index (χ3n) is 3.73. The first-order chi connectivity index (χ1) is 9.13. The summed E-state index contributed by atoms with van der Waals surface area (Å²) in [5, 5.41) is 0. The Labute approximate surface area is 118 Å². The summed E-state index contributed by atoms with van der Waals surface area (Å²) in [6, 6.07) is 4.50. The van der Waals surface area contributed by atoms with Crippen LogP contribution in [0.25, 0.3) is 0 Å². The minimum atomic E-state index is -0.207. The molecular formula is C13H22N4OS. The van der Waals surface area contributed by atoms with E-state index in [0.717, 1.165) is 26.2 Å². The highest BCUT2D eigenvalue weighted by Gasteiger charge is 2.23. The summed E-state index contributed by atoms with van der Waals surface area (Å²) in [4.78, 5) is 18.2. The Balaban J connectivity index is 1.94. The summed E-state index contributed by atoms with van der Waals surface area (Å²) in [5.41, 5.74) is 2.17. The second kappa shape index (κ2) is 6.47. The van der Waals surface area contributed by atoms with Crippen molar-refractivity contribution >= 4 is 17.2 Å². The van der Waals surface area contributed by atoms with Gasteiger partial charge in [0, 0.05) is 37.1 Å². The fraction of sp³-hybridized carbons (Fsp3) is 0.615. The van der Waals surface area contributed by atoms with Gasteiger partial charge in [-0.3, -0.25) is 15.1 Å². The fourth-order valence-electron chi connectivity index (χ4n) is 2.47. The van der Waals surface area contributed by atoms with Crippen LogP contribution in [-0.4, -0.2) is 48.4 Å². The van der Waals surface area contributed by atoms with Gasteiger partial charge in [0.1, 0.15) is 0 Å². The molecule has 1 aliphatic heterocycles. The third kappa shape index (κ3) is 3.54. The Kier molecular flexibility index (Phi) is 4.93. The van der Waals surface area contributed by atoms with Gasteiger partial charge in [0.15, 0.2) is 0 Å². The lowest BCUT2D eigenvalue weighted by Gasteiger charge is -2.38. The molecule has 1 aromatic rings. The summed E-state index contributed by atoms with van der Waals surface area (Å²) < 4.78 is 0. The lowest BCUT2D eigenvalue weighted by Crippen LogP contribution is -2.50. The summed E-state index contributed by atoms with van der Waals surface area (Å²) >= 11 is 1.52. The molecule has 0 spiro atoms. The van der Waals surface area contributed by atoms with Gasteiger partial charge in [0.05, 0.1) is 4.88 Å². The zero-order valence-corrected chi connectivity index (χ0v) is 12.4. The highest BCUT2D eigenvalue weighted by Crippen LogP contribution is 2.20. The molecule has 0 aliphatic carbocycles. The Morgan fingerprint density at radius 3 is 3.00 bits per heavy atom. The van der Waals surface area contributed by atoms with Crippen LogP contribution in [0.5, 0.6) is 0 Å². The number of hydrazine groups is 1. The maximum atomic E-state index is 11.4. The average Bonchev–Trinajstić information content (AvgIpc) is 2.88. The van der Waals surface area contributed by atoms with E-state index >= 15 is 0 Å². The van der Waals surface area contributed by atoms with Gasteiger partial charge in [-0.1, -0.05) is 6.92 Å². The molecule has 0 bridgehead atoms. The van der Waals surface area contributed by atoms with Crippen molar-refractivity contribution in [2.75, 3.05) is 26.7 Å². The second-order valence-electron chi connectivity index (χ2n) is 5.02. The Morgan fingerprint density at radius 2 is 2.32 bits per heavy atom. The van der Waals surface area contributed by atoms with Crippen LogP contribution in [0.4, 0.5) is 0 Å². The van der Waals surface area contributed by atoms with E-state index in [4.69, 9.17) is 5.84 Å². The maximum absolute atomic E-state index is 11.4. The number of carbonyl (C=O) groups excluding carboxylic acids is 1. The number of rotatable bonds is 4. The minimum Gasteiger partial charge on any atom is -0.301 e. The SMILES string of the molecule is CCC1CN(Cc2ccc(C(=O)NN)s2)CCN1C. The maximum Gasteiger partial charge on any atom is 0.275 e. The smallest absolute Gasteiger partial charge is 0.275 e. The predicted octanol–water partition coefficient (Wildman–Crippen LogP) is 0.878.